The van der Waals surface area contributed by atoms with Crippen LogP contribution in [-0.4, -0.2) is 37.2 Å². The molecule has 368 valence electrons. The van der Waals surface area contributed by atoms with Crippen molar-refractivity contribution in [2.45, 2.75) is 317 Å². The summed E-state index contributed by atoms with van der Waals surface area (Å²) in [5.74, 6) is 0.807. The highest BCUT2D eigenvalue weighted by atomic mass is 16.6. The minimum atomic E-state index is -0.763. The van der Waals surface area contributed by atoms with Gasteiger partial charge in [0.05, 0.1) is 0 Å². The standard InChI is InChI=1S/C56H108O6/c1-6-8-9-10-11-12-13-14-15-16-17-18-21-25-28-31-38-43-48-56(59)62-53(50-61-55(58)47-42-37-33-32-35-40-45-52(5)7-2)49-60-54(57)46-41-36-30-27-24-22-19-20-23-26-29-34-39-44-51(3)4/h51-53H,6-50H2,1-5H3/t52?,53-/m1/s1. The van der Waals surface area contributed by atoms with Crippen LogP contribution in [0.15, 0.2) is 0 Å². The van der Waals surface area contributed by atoms with Gasteiger partial charge >= 0.3 is 17.9 Å². The molecule has 0 amide bonds. The quantitative estimate of drug-likeness (QED) is 0.0344. The lowest BCUT2D eigenvalue weighted by atomic mass is 10.00. The molecular weight excluding hydrogens is 769 g/mol. The van der Waals surface area contributed by atoms with E-state index in [2.05, 4.69) is 34.6 Å². The van der Waals surface area contributed by atoms with Crippen molar-refractivity contribution < 1.29 is 28.6 Å². The fraction of sp³-hybridized carbons (Fsp3) is 0.946. The normalized spacial score (nSPS) is 12.5. The van der Waals surface area contributed by atoms with Crippen LogP contribution >= 0.6 is 0 Å². The van der Waals surface area contributed by atoms with Crippen LogP contribution in [0.4, 0.5) is 0 Å². The Morgan fingerprint density at radius 1 is 0.339 bits per heavy atom. The van der Waals surface area contributed by atoms with Crippen molar-refractivity contribution in [3.05, 3.63) is 0 Å². The number of unbranched alkanes of at least 4 members (excludes halogenated alkanes) is 34. The van der Waals surface area contributed by atoms with E-state index < -0.39 is 6.10 Å². The predicted molar refractivity (Wildman–Crippen MR) is 266 cm³/mol. The van der Waals surface area contributed by atoms with E-state index in [4.69, 9.17) is 14.2 Å². The maximum absolute atomic E-state index is 12.8. The van der Waals surface area contributed by atoms with E-state index in [9.17, 15) is 14.4 Å². The van der Waals surface area contributed by atoms with Crippen LogP contribution in [0.5, 0.6) is 0 Å². The molecule has 0 radical (unpaired) electrons. The lowest BCUT2D eigenvalue weighted by Crippen LogP contribution is -2.30. The molecule has 62 heavy (non-hydrogen) atoms. The van der Waals surface area contributed by atoms with Gasteiger partial charge in [-0.1, -0.05) is 272 Å². The Bertz CT molecular complexity index is 949. The van der Waals surface area contributed by atoms with Crippen molar-refractivity contribution in [3.8, 4) is 0 Å². The molecule has 0 aromatic carbocycles. The van der Waals surface area contributed by atoms with Crippen LogP contribution in [-0.2, 0) is 28.6 Å². The van der Waals surface area contributed by atoms with Gasteiger partial charge in [-0.25, -0.2) is 0 Å². The molecule has 0 aliphatic heterocycles. The molecule has 1 unspecified atom stereocenters. The van der Waals surface area contributed by atoms with Crippen molar-refractivity contribution in [2.24, 2.45) is 11.8 Å². The van der Waals surface area contributed by atoms with Crippen molar-refractivity contribution >= 4 is 17.9 Å². The molecule has 0 aliphatic rings. The van der Waals surface area contributed by atoms with Crippen molar-refractivity contribution in [3.63, 3.8) is 0 Å². The second-order valence-corrected chi connectivity index (χ2v) is 19.9. The zero-order chi connectivity index (χ0) is 45.4. The van der Waals surface area contributed by atoms with Gasteiger partial charge in [0.2, 0.25) is 0 Å². The summed E-state index contributed by atoms with van der Waals surface area (Å²) in [5.41, 5.74) is 0. The van der Waals surface area contributed by atoms with E-state index in [1.807, 2.05) is 0 Å². The molecule has 0 bridgehead atoms. The van der Waals surface area contributed by atoms with Crippen LogP contribution in [0, 0.1) is 11.8 Å². The number of esters is 3. The molecule has 0 aromatic heterocycles. The number of hydrogen-bond acceptors (Lipinski definition) is 6. The van der Waals surface area contributed by atoms with Crippen LogP contribution < -0.4 is 0 Å². The van der Waals surface area contributed by atoms with E-state index in [0.29, 0.717) is 19.3 Å². The summed E-state index contributed by atoms with van der Waals surface area (Å²) in [7, 11) is 0. The molecule has 0 saturated carbocycles. The highest BCUT2D eigenvalue weighted by Gasteiger charge is 2.19. The van der Waals surface area contributed by atoms with Gasteiger partial charge in [0.25, 0.3) is 0 Å². The zero-order valence-electron chi connectivity index (χ0n) is 42.5. The summed E-state index contributed by atoms with van der Waals surface area (Å²) in [4.78, 5) is 38.0. The van der Waals surface area contributed by atoms with Crippen LogP contribution in [0.2, 0.25) is 0 Å². The lowest BCUT2D eigenvalue weighted by Gasteiger charge is -2.18. The maximum atomic E-state index is 12.8. The molecule has 0 fully saturated rings. The minimum absolute atomic E-state index is 0.0639. The molecule has 6 nitrogen and oxygen atoms in total. The fourth-order valence-electron chi connectivity index (χ4n) is 8.49. The van der Waals surface area contributed by atoms with E-state index in [0.717, 1.165) is 69.6 Å². The Morgan fingerprint density at radius 2 is 0.613 bits per heavy atom. The van der Waals surface area contributed by atoms with E-state index in [-0.39, 0.29) is 31.1 Å². The van der Waals surface area contributed by atoms with Crippen LogP contribution in [0.3, 0.4) is 0 Å². The molecule has 0 aliphatic carbocycles. The summed E-state index contributed by atoms with van der Waals surface area (Å²) < 4.78 is 16.8. The van der Waals surface area contributed by atoms with Gasteiger partial charge < -0.3 is 14.2 Å². The molecule has 0 heterocycles. The minimum Gasteiger partial charge on any atom is -0.462 e. The van der Waals surface area contributed by atoms with Gasteiger partial charge in [0.1, 0.15) is 13.2 Å². The third-order valence-electron chi connectivity index (χ3n) is 13.1. The first kappa shape index (κ1) is 60.4. The van der Waals surface area contributed by atoms with Crippen LogP contribution in [0.1, 0.15) is 311 Å². The SMILES string of the molecule is CCCCCCCCCCCCCCCCCCCCC(=O)O[C@H](COC(=O)CCCCCCCCCCCCCCCC(C)C)COC(=O)CCCCCCCCC(C)CC. The molecule has 0 rings (SSSR count). The lowest BCUT2D eigenvalue weighted by molar-refractivity contribution is -0.167. The number of rotatable bonds is 50. The topological polar surface area (TPSA) is 78.9 Å². The van der Waals surface area contributed by atoms with E-state index in [1.54, 1.807) is 0 Å². The number of ether oxygens (including phenoxy) is 3. The van der Waals surface area contributed by atoms with Gasteiger partial charge in [-0.2, -0.15) is 0 Å². The number of carbonyl (C=O) groups is 3. The summed E-state index contributed by atoms with van der Waals surface area (Å²) >= 11 is 0. The highest BCUT2D eigenvalue weighted by molar-refractivity contribution is 5.71. The summed E-state index contributed by atoms with van der Waals surface area (Å²) in [6, 6.07) is 0. The monoisotopic (exact) mass is 877 g/mol. The maximum Gasteiger partial charge on any atom is 0.306 e. The molecular formula is C56H108O6. The Labute approximate surface area is 387 Å². The first-order chi connectivity index (χ1) is 30.3. The average Bonchev–Trinajstić information content (AvgIpc) is 3.26. The first-order valence-electron chi connectivity index (χ1n) is 27.8. The van der Waals surface area contributed by atoms with E-state index in [1.165, 1.54) is 199 Å². The van der Waals surface area contributed by atoms with Gasteiger partial charge in [-0.3, -0.25) is 14.4 Å². The average molecular weight is 877 g/mol. The van der Waals surface area contributed by atoms with Gasteiger partial charge in [-0.05, 0) is 31.1 Å². The molecule has 0 saturated heterocycles. The third kappa shape index (κ3) is 47.9. The summed E-state index contributed by atoms with van der Waals surface area (Å²) in [6.07, 6.45) is 51.0. The van der Waals surface area contributed by atoms with Crippen LogP contribution in [0.25, 0.3) is 0 Å². The van der Waals surface area contributed by atoms with Crippen molar-refractivity contribution in [1.82, 2.24) is 0 Å². The summed E-state index contributed by atoms with van der Waals surface area (Å²) in [5, 5.41) is 0. The smallest absolute Gasteiger partial charge is 0.306 e. The Balaban J connectivity index is 4.26. The number of hydrogen-bond donors (Lipinski definition) is 0. The van der Waals surface area contributed by atoms with Crippen molar-refractivity contribution in [2.75, 3.05) is 13.2 Å². The highest BCUT2D eigenvalue weighted by Crippen LogP contribution is 2.18. The molecule has 0 N–H and O–H groups in total. The largest absolute Gasteiger partial charge is 0.462 e. The van der Waals surface area contributed by atoms with Gasteiger partial charge in [0.15, 0.2) is 6.10 Å². The van der Waals surface area contributed by atoms with Crippen molar-refractivity contribution in [1.29, 1.82) is 0 Å². The molecule has 6 heteroatoms. The second-order valence-electron chi connectivity index (χ2n) is 19.9. The Kier molecular flexibility index (Phi) is 47.6. The molecule has 0 spiro atoms. The zero-order valence-corrected chi connectivity index (χ0v) is 42.5. The first-order valence-corrected chi connectivity index (χ1v) is 27.8. The third-order valence-corrected chi connectivity index (χ3v) is 13.1. The Hall–Kier alpha value is -1.59. The van der Waals surface area contributed by atoms with E-state index >= 15 is 0 Å². The Morgan fingerprint density at radius 3 is 0.919 bits per heavy atom. The molecule has 0 aromatic rings. The predicted octanol–water partition coefficient (Wildman–Crippen LogP) is 18.1. The van der Waals surface area contributed by atoms with Gasteiger partial charge in [-0.15, -0.1) is 0 Å². The molecule has 2 atom stereocenters. The second kappa shape index (κ2) is 48.9. The summed E-state index contributed by atoms with van der Waals surface area (Å²) in [6.45, 7) is 11.4. The fourth-order valence-corrected chi connectivity index (χ4v) is 8.49. The van der Waals surface area contributed by atoms with Gasteiger partial charge in [0, 0.05) is 19.3 Å². The number of carbonyl (C=O) groups excluding carboxylic acids is 3.